The summed E-state index contributed by atoms with van der Waals surface area (Å²) >= 11 is 0. The van der Waals surface area contributed by atoms with Gasteiger partial charge in [0.25, 0.3) is 5.91 Å². The first-order chi connectivity index (χ1) is 14.5. The summed E-state index contributed by atoms with van der Waals surface area (Å²) < 4.78 is 3.98. The second-order valence-electron chi connectivity index (χ2n) is 8.64. The van der Waals surface area contributed by atoms with Gasteiger partial charge in [-0.25, -0.2) is 4.98 Å². The average Bonchev–Trinajstić information content (AvgIpc) is 3.47. The SMILES string of the molecule is CC(C)n1cc(CN2CCCC3(CC(C(=O)NCCCn4ccnc4)=NO3)C2)cn1. The Morgan fingerprint density at radius 2 is 2.30 bits per heavy atom. The fraction of sp³-hybridized carbons (Fsp3) is 0.619. The van der Waals surface area contributed by atoms with E-state index in [9.17, 15) is 4.79 Å². The number of hydrogen-bond acceptors (Lipinski definition) is 6. The molecule has 4 heterocycles. The zero-order chi connectivity index (χ0) is 21.0. The minimum atomic E-state index is -0.379. The van der Waals surface area contributed by atoms with Crippen LogP contribution in [-0.2, 0) is 22.7 Å². The van der Waals surface area contributed by atoms with E-state index in [0.717, 1.165) is 45.4 Å². The van der Waals surface area contributed by atoms with Crippen LogP contribution in [0.1, 0.15) is 51.1 Å². The number of nitrogens with one attached hydrogen (secondary N) is 1. The van der Waals surface area contributed by atoms with Crippen molar-refractivity contribution in [3.8, 4) is 0 Å². The van der Waals surface area contributed by atoms with Crippen molar-refractivity contribution >= 4 is 11.6 Å². The lowest BCUT2D eigenvalue weighted by Gasteiger charge is -2.38. The number of rotatable bonds is 8. The molecule has 1 unspecified atom stereocenters. The smallest absolute Gasteiger partial charge is 0.269 e. The van der Waals surface area contributed by atoms with Crippen LogP contribution >= 0.6 is 0 Å². The van der Waals surface area contributed by atoms with Gasteiger partial charge in [-0.2, -0.15) is 5.10 Å². The van der Waals surface area contributed by atoms with Crippen LogP contribution in [0.3, 0.4) is 0 Å². The molecule has 2 aromatic rings. The predicted molar refractivity (Wildman–Crippen MR) is 113 cm³/mol. The average molecular weight is 414 g/mol. The maximum absolute atomic E-state index is 12.5. The lowest BCUT2D eigenvalue weighted by molar-refractivity contribution is -0.114. The number of carbonyl (C=O) groups excluding carboxylic acids is 1. The van der Waals surface area contributed by atoms with Crippen LogP contribution in [0.4, 0.5) is 0 Å². The van der Waals surface area contributed by atoms with Gasteiger partial charge >= 0.3 is 0 Å². The molecule has 2 aromatic heterocycles. The molecular weight excluding hydrogens is 382 g/mol. The van der Waals surface area contributed by atoms with E-state index in [2.05, 4.69) is 45.5 Å². The predicted octanol–water partition coefficient (Wildman–Crippen LogP) is 1.98. The molecule has 1 fully saturated rings. The third-order valence-corrected chi connectivity index (χ3v) is 5.75. The Bertz CT molecular complexity index is 874. The molecule has 0 radical (unpaired) electrons. The first kappa shape index (κ1) is 20.6. The number of oxime groups is 1. The van der Waals surface area contributed by atoms with Gasteiger partial charge in [0.1, 0.15) is 5.71 Å². The van der Waals surface area contributed by atoms with Gasteiger partial charge in [-0.05, 0) is 39.7 Å². The molecule has 1 spiro atoms. The number of aryl methyl sites for hydroxylation is 1. The van der Waals surface area contributed by atoms with Crippen LogP contribution in [0, 0.1) is 0 Å². The molecule has 0 aliphatic carbocycles. The largest absolute Gasteiger partial charge is 0.387 e. The number of nitrogens with zero attached hydrogens (tertiary/aromatic N) is 6. The Morgan fingerprint density at radius 1 is 1.40 bits per heavy atom. The van der Waals surface area contributed by atoms with Crippen molar-refractivity contribution in [1.29, 1.82) is 0 Å². The third kappa shape index (κ3) is 4.89. The normalized spacial score (nSPS) is 21.8. The van der Waals surface area contributed by atoms with Gasteiger partial charge in [0.15, 0.2) is 5.60 Å². The molecule has 0 bridgehead atoms. The standard InChI is InChI=1S/C21H31N7O2/c1-17(2)28-14-18(12-24-28)13-27-8-3-5-21(15-27)11-19(25-30-21)20(29)23-6-4-9-26-10-7-22-16-26/h7,10,12,14,16-17H,3-6,8-9,11,13,15H2,1-2H3,(H,23,29). The number of amides is 1. The molecule has 1 saturated heterocycles. The van der Waals surface area contributed by atoms with Crippen molar-refractivity contribution in [2.45, 2.75) is 64.3 Å². The van der Waals surface area contributed by atoms with Crippen molar-refractivity contribution in [2.24, 2.45) is 5.16 Å². The van der Waals surface area contributed by atoms with Crippen molar-refractivity contribution < 1.29 is 9.63 Å². The Morgan fingerprint density at radius 3 is 3.07 bits per heavy atom. The maximum Gasteiger partial charge on any atom is 0.269 e. The van der Waals surface area contributed by atoms with Crippen LogP contribution in [-0.4, -0.2) is 61.1 Å². The van der Waals surface area contributed by atoms with Crippen LogP contribution in [0.2, 0.25) is 0 Å². The van der Waals surface area contributed by atoms with Crippen molar-refractivity contribution in [1.82, 2.24) is 29.5 Å². The van der Waals surface area contributed by atoms with Crippen LogP contribution in [0.15, 0.2) is 36.3 Å². The Balaban J connectivity index is 1.24. The Hall–Kier alpha value is -2.68. The molecule has 162 valence electrons. The topological polar surface area (TPSA) is 89.6 Å². The van der Waals surface area contributed by atoms with E-state index < -0.39 is 0 Å². The fourth-order valence-electron chi connectivity index (χ4n) is 4.17. The molecule has 0 saturated carbocycles. The summed E-state index contributed by atoms with van der Waals surface area (Å²) in [6.07, 6.45) is 12.9. The quantitative estimate of drug-likeness (QED) is 0.669. The van der Waals surface area contributed by atoms with Crippen molar-refractivity contribution in [2.75, 3.05) is 19.6 Å². The van der Waals surface area contributed by atoms with Gasteiger partial charge in [0, 0.05) is 62.8 Å². The first-order valence-electron chi connectivity index (χ1n) is 10.8. The van der Waals surface area contributed by atoms with E-state index in [1.54, 1.807) is 12.5 Å². The van der Waals surface area contributed by atoms with Gasteiger partial charge in [-0.15, -0.1) is 0 Å². The molecule has 9 nitrogen and oxygen atoms in total. The minimum absolute atomic E-state index is 0.118. The van der Waals surface area contributed by atoms with Gasteiger partial charge < -0.3 is 14.7 Å². The van der Waals surface area contributed by atoms with Crippen molar-refractivity contribution in [3.63, 3.8) is 0 Å². The summed E-state index contributed by atoms with van der Waals surface area (Å²) in [6.45, 7) is 8.33. The summed E-state index contributed by atoms with van der Waals surface area (Å²) in [5.74, 6) is -0.118. The van der Waals surface area contributed by atoms with Gasteiger partial charge in [-0.3, -0.25) is 14.4 Å². The van der Waals surface area contributed by atoms with E-state index in [1.807, 2.05) is 21.6 Å². The monoisotopic (exact) mass is 413 g/mol. The minimum Gasteiger partial charge on any atom is -0.387 e. The zero-order valence-corrected chi connectivity index (χ0v) is 17.8. The number of likely N-dealkylation sites (tertiary alicyclic amines) is 1. The molecule has 1 N–H and O–H groups in total. The molecule has 9 heteroatoms. The highest BCUT2D eigenvalue weighted by molar-refractivity contribution is 6.39. The fourth-order valence-corrected chi connectivity index (χ4v) is 4.17. The number of imidazole rings is 1. The molecule has 0 aromatic carbocycles. The van der Waals surface area contributed by atoms with Crippen LogP contribution in [0.5, 0.6) is 0 Å². The molecule has 1 amide bonds. The number of carbonyl (C=O) groups is 1. The summed E-state index contributed by atoms with van der Waals surface area (Å²) in [7, 11) is 0. The Labute approximate surface area is 177 Å². The van der Waals surface area contributed by atoms with Gasteiger partial charge in [0.05, 0.1) is 12.5 Å². The molecule has 1 atom stereocenters. The Kier molecular flexibility index (Phi) is 6.17. The summed E-state index contributed by atoms with van der Waals surface area (Å²) in [6, 6.07) is 0.360. The highest BCUT2D eigenvalue weighted by Crippen LogP contribution is 2.34. The van der Waals surface area contributed by atoms with Gasteiger partial charge in [0.2, 0.25) is 0 Å². The van der Waals surface area contributed by atoms with Crippen molar-refractivity contribution in [3.05, 3.63) is 36.7 Å². The first-order valence-corrected chi connectivity index (χ1v) is 10.8. The lowest BCUT2D eigenvalue weighted by atomic mass is 9.88. The molecule has 4 rings (SSSR count). The van der Waals surface area contributed by atoms with E-state index in [0.29, 0.717) is 24.7 Å². The number of hydrogen-bond donors (Lipinski definition) is 1. The van der Waals surface area contributed by atoms with E-state index in [-0.39, 0.29) is 11.5 Å². The summed E-state index contributed by atoms with van der Waals surface area (Å²) in [4.78, 5) is 24.8. The lowest BCUT2D eigenvalue weighted by Crippen LogP contribution is -2.48. The van der Waals surface area contributed by atoms with Crippen LogP contribution in [0.25, 0.3) is 0 Å². The number of aromatic nitrogens is 4. The highest BCUT2D eigenvalue weighted by Gasteiger charge is 2.44. The third-order valence-electron chi connectivity index (χ3n) is 5.75. The summed E-state index contributed by atoms with van der Waals surface area (Å²) in [5, 5.41) is 11.6. The molecule has 2 aliphatic heterocycles. The molecular formula is C21H31N7O2. The second-order valence-corrected chi connectivity index (χ2v) is 8.64. The zero-order valence-electron chi connectivity index (χ0n) is 17.8. The van der Waals surface area contributed by atoms with Gasteiger partial charge in [-0.1, -0.05) is 5.16 Å². The molecule has 30 heavy (non-hydrogen) atoms. The van der Waals surface area contributed by atoms with Crippen LogP contribution < -0.4 is 5.32 Å². The van der Waals surface area contributed by atoms with E-state index in [4.69, 9.17) is 4.84 Å². The maximum atomic E-state index is 12.5. The van der Waals surface area contributed by atoms with E-state index in [1.165, 1.54) is 5.56 Å². The number of piperidine rings is 1. The van der Waals surface area contributed by atoms with E-state index >= 15 is 0 Å². The second kappa shape index (κ2) is 8.99. The summed E-state index contributed by atoms with van der Waals surface area (Å²) in [5.41, 5.74) is 1.33. The molecule has 2 aliphatic rings. The highest BCUT2D eigenvalue weighted by atomic mass is 16.7.